The molecule has 0 spiro atoms. The van der Waals surface area contributed by atoms with Gasteiger partial charge in [-0.15, -0.1) is 0 Å². The molecule has 0 aromatic heterocycles. The fourth-order valence-corrected chi connectivity index (χ4v) is 1.99. The average Bonchev–Trinajstić information content (AvgIpc) is 2.34. The Morgan fingerprint density at radius 2 is 2.22 bits per heavy atom. The van der Waals surface area contributed by atoms with Crippen molar-refractivity contribution in [1.82, 2.24) is 5.32 Å². The largest absolute Gasteiger partial charge is 0.497 e. The second-order valence-electron chi connectivity index (χ2n) is 4.92. The minimum Gasteiger partial charge on any atom is -0.497 e. The van der Waals surface area contributed by atoms with E-state index >= 15 is 0 Å². The van der Waals surface area contributed by atoms with Crippen molar-refractivity contribution in [3.63, 3.8) is 0 Å². The molecule has 98 valence electrons. The summed E-state index contributed by atoms with van der Waals surface area (Å²) in [6, 6.07) is 5.75. The molecule has 1 aromatic carbocycles. The van der Waals surface area contributed by atoms with Gasteiger partial charge in [0.15, 0.2) is 6.23 Å². The van der Waals surface area contributed by atoms with Crippen LogP contribution in [0.2, 0.25) is 0 Å². The van der Waals surface area contributed by atoms with Crippen molar-refractivity contribution in [2.45, 2.75) is 26.5 Å². The Morgan fingerprint density at radius 3 is 2.89 bits per heavy atom. The lowest BCUT2D eigenvalue weighted by Crippen LogP contribution is -2.37. The number of nitrogens with one attached hydrogen (secondary N) is 1. The first-order chi connectivity index (χ1) is 8.60. The van der Waals surface area contributed by atoms with E-state index in [-0.39, 0.29) is 12.1 Å². The van der Waals surface area contributed by atoms with Gasteiger partial charge in [-0.25, -0.2) is 0 Å². The van der Waals surface area contributed by atoms with Crippen LogP contribution in [0.15, 0.2) is 18.2 Å². The van der Waals surface area contributed by atoms with Crippen molar-refractivity contribution in [2.75, 3.05) is 13.7 Å². The van der Waals surface area contributed by atoms with Gasteiger partial charge in [-0.05, 0) is 23.6 Å². The zero-order valence-corrected chi connectivity index (χ0v) is 11.0. The maximum atomic E-state index is 11.6. The van der Waals surface area contributed by atoms with Gasteiger partial charge < -0.3 is 14.8 Å². The summed E-state index contributed by atoms with van der Waals surface area (Å²) in [5, 5.41) is 2.86. The first kappa shape index (κ1) is 12.9. The third-order valence-corrected chi connectivity index (χ3v) is 2.87. The third-order valence-electron chi connectivity index (χ3n) is 2.87. The highest BCUT2D eigenvalue weighted by molar-refractivity contribution is 5.81. The van der Waals surface area contributed by atoms with Gasteiger partial charge in [0.2, 0.25) is 5.91 Å². The van der Waals surface area contributed by atoms with Crippen LogP contribution in [0.1, 0.15) is 31.2 Å². The Bertz CT molecular complexity index is 443. The maximum absolute atomic E-state index is 11.6. The monoisotopic (exact) mass is 249 g/mol. The molecule has 0 fully saturated rings. The highest BCUT2D eigenvalue weighted by Gasteiger charge is 2.25. The lowest BCUT2D eigenvalue weighted by molar-refractivity contribution is -0.126. The number of hydrogen-bond acceptors (Lipinski definition) is 3. The van der Waals surface area contributed by atoms with Crippen molar-refractivity contribution in [3.05, 3.63) is 29.3 Å². The predicted molar refractivity (Wildman–Crippen MR) is 68.4 cm³/mol. The molecule has 18 heavy (non-hydrogen) atoms. The predicted octanol–water partition coefficient (Wildman–Crippen LogP) is 2.04. The molecular formula is C14H19NO3. The Balaban J connectivity index is 2.22. The summed E-state index contributed by atoms with van der Waals surface area (Å²) in [6.45, 7) is 4.79. The molecule has 0 bridgehead atoms. The van der Waals surface area contributed by atoms with E-state index in [1.165, 1.54) is 0 Å². The van der Waals surface area contributed by atoms with Crippen molar-refractivity contribution >= 4 is 5.91 Å². The molecule has 1 aromatic rings. The number of fused-ring (bicyclic) bond motifs is 1. The van der Waals surface area contributed by atoms with Crippen molar-refractivity contribution in [2.24, 2.45) is 5.92 Å². The van der Waals surface area contributed by atoms with Gasteiger partial charge in [0.25, 0.3) is 0 Å². The minimum absolute atomic E-state index is 0.00971. The molecular weight excluding hydrogens is 230 g/mol. The van der Waals surface area contributed by atoms with Crippen LogP contribution in [0.4, 0.5) is 0 Å². The van der Waals surface area contributed by atoms with Crippen LogP contribution in [0.5, 0.6) is 5.75 Å². The second-order valence-corrected chi connectivity index (χ2v) is 4.92. The zero-order chi connectivity index (χ0) is 13.1. The van der Waals surface area contributed by atoms with Gasteiger partial charge in [0.1, 0.15) is 5.75 Å². The number of amides is 1. The van der Waals surface area contributed by atoms with Gasteiger partial charge in [0.05, 0.1) is 20.1 Å². The molecule has 1 heterocycles. The Morgan fingerprint density at radius 1 is 1.44 bits per heavy atom. The van der Waals surface area contributed by atoms with E-state index in [1.54, 1.807) is 7.11 Å². The summed E-state index contributed by atoms with van der Waals surface area (Å²) < 4.78 is 10.9. The fourth-order valence-electron chi connectivity index (χ4n) is 1.99. The number of carbonyl (C=O) groups is 1. The Hall–Kier alpha value is -1.55. The van der Waals surface area contributed by atoms with Crippen molar-refractivity contribution in [3.8, 4) is 5.75 Å². The van der Waals surface area contributed by atoms with E-state index in [4.69, 9.17) is 9.47 Å². The standard InChI is InChI=1S/C14H19NO3/c1-9(2)8-18-14-12-5-4-11(17-3)6-10(12)7-13(16)15-14/h4-6,9,14H,7-8H2,1-3H3,(H,15,16). The number of benzene rings is 1. The lowest BCUT2D eigenvalue weighted by Gasteiger charge is -2.27. The van der Waals surface area contributed by atoms with E-state index in [0.29, 0.717) is 18.9 Å². The maximum Gasteiger partial charge on any atom is 0.226 e. The summed E-state index contributed by atoms with van der Waals surface area (Å²) in [5.41, 5.74) is 2.00. The minimum atomic E-state index is -0.338. The molecule has 1 amide bonds. The first-order valence-corrected chi connectivity index (χ1v) is 6.18. The van der Waals surface area contributed by atoms with E-state index in [1.807, 2.05) is 18.2 Å². The Labute approximate surface area is 107 Å². The van der Waals surface area contributed by atoms with E-state index in [9.17, 15) is 4.79 Å². The Kier molecular flexibility index (Phi) is 3.87. The molecule has 4 nitrogen and oxygen atoms in total. The van der Waals surface area contributed by atoms with Crippen LogP contribution in [0.3, 0.4) is 0 Å². The number of hydrogen-bond donors (Lipinski definition) is 1. The van der Waals surface area contributed by atoms with Gasteiger partial charge >= 0.3 is 0 Å². The summed E-state index contributed by atoms with van der Waals surface area (Å²) >= 11 is 0. The summed E-state index contributed by atoms with van der Waals surface area (Å²) in [5.74, 6) is 1.20. The van der Waals surface area contributed by atoms with Crippen molar-refractivity contribution < 1.29 is 14.3 Å². The molecule has 0 aliphatic carbocycles. The SMILES string of the molecule is COc1ccc2c(c1)CC(=O)NC2OCC(C)C. The molecule has 4 heteroatoms. The number of carbonyl (C=O) groups excluding carboxylic acids is 1. The quantitative estimate of drug-likeness (QED) is 0.888. The first-order valence-electron chi connectivity index (χ1n) is 6.18. The smallest absolute Gasteiger partial charge is 0.226 e. The van der Waals surface area contributed by atoms with Crippen LogP contribution in [0.25, 0.3) is 0 Å². The normalized spacial score (nSPS) is 18.4. The number of ether oxygens (including phenoxy) is 2. The molecule has 1 unspecified atom stereocenters. The molecule has 0 radical (unpaired) electrons. The van der Waals surface area contributed by atoms with Gasteiger partial charge in [0, 0.05) is 5.56 Å². The van der Waals surface area contributed by atoms with Gasteiger partial charge in [-0.2, -0.15) is 0 Å². The summed E-state index contributed by atoms with van der Waals surface area (Å²) in [6.07, 6.45) is 0.0446. The molecule has 1 atom stereocenters. The van der Waals surface area contributed by atoms with E-state index in [0.717, 1.165) is 16.9 Å². The molecule has 1 aliphatic rings. The van der Waals surface area contributed by atoms with Crippen LogP contribution >= 0.6 is 0 Å². The fraction of sp³-hybridized carbons (Fsp3) is 0.500. The number of rotatable bonds is 4. The van der Waals surface area contributed by atoms with Gasteiger partial charge in [-0.1, -0.05) is 19.9 Å². The molecule has 1 aliphatic heterocycles. The molecule has 0 saturated heterocycles. The van der Waals surface area contributed by atoms with Gasteiger partial charge in [-0.3, -0.25) is 4.79 Å². The summed E-state index contributed by atoms with van der Waals surface area (Å²) in [4.78, 5) is 11.6. The van der Waals surface area contributed by atoms with E-state index < -0.39 is 0 Å². The highest BCUT2D eigenvalue weighted by atomic mass is 16.5. The second kappa shape index (κ2) is 5.40. The van der Waals surface area contributed by atoms with Crippen LogP contribution < -0.4 is 10.1 Å². The van der Waals surface area contributed by atoms with Crippen LogP contribution in [-0.4, -0.2) is 19.6 Å². The molecule has 0 saturated carbocycles. The summed E-state index contributed by atoms with van der Waals surface area (Å²) in [7, 11) is 1.62. The third kappa shape index (κ3) is 2.82. The molecule has 2 rings (SSSR count). The average molecular weight is 249 g/mol. The van der Waals surface area contributed by atoms with E-state index in [2.05, 4.69) is 19.2 Å². The highest BCUT2D eigenvalue weighted by Crippen LogP contribution is 2.28. The topological polar surface area (TPSA) is 47.6 Å². The lowest BCUT2D eigenvalue weighted by atomic mass is 9.98. The molecule has 1 N–H and O–H groups in total. The zero-order valence-electron chi connectivity index (χ0n) is 11.0. The van der Waals surface area contributed by atoms with Crippen LogP contribution in [0, 0.1) is 5.92 Å². The van der Waals surface area contributed by atoms with Crippen molar-refractivity contribution in [1.29, 1.82) is 0 Å². The number of methoxy groups -OCH3 is 1. The van der Waals surface area contributed by atoms with Crippen LogP contribution in [-0.2, 0) is 16.0 Å².